The van der Waals surface area contributed by atoms with Crippen LogP contribution < -0.4 is 5.32 Å². The van der Waals surface area contributed by atoms with Crippen molar-refractivity contribution in [3.05, 3.63) is 57.5 Å². The van der Waals surface area contributed by atoms with E-state index in [2.05, 4.69) is 5.32 Å². The van der Waals surface area contributed by atoms with Crippen molar-refractivity contribution < 1.29 is 13.2 Å². The summed E-state index contributed by atoms with van der Waals surface area (Å²) < 4.78 is 24.3. The van der Waals surface area contributed by atoms with Crippen LogP contribution in [0.3, 0.4) is 0 Å². The summed E-state index contributed by atoms with van der Waals surface area (Å²) in [7, 11) is -3.79. The van der Waals surface area contributed by atoms with E-state index >= 15 is 0 Å². The minimum Gasteiger partial charge on any atom is -0.324 e. The second kappa shape index (κ2) is 6.87. The molecule has 0 spiro atoms. The van der Waals surface area contributed by atoms with E-state index in [1.54, 1.807) is 6.07 Å². The number of hydrogen-bond acceptors (Lipinski definition) is 3. The quantitative estimate of drug-likeness (QED) is 0.872. The Labute approximate surface area is 142 Å². The van der Waals surface area contributed by atoms with E-state index in [0.717, 1.165) is 0 Å². The number of anilines is 1. The molecule has 0 aliphatic carbocycles. The molecule has 0 aliphatic heterocycles. The Kier molecular flexibility index (Phi) is 5.34. The molecule has 2 aromatic carbocycles. The summed E-state index contributed by atoms with van der Waals surface area (Å²) in [4.78, 5) is 11.9. The lowest BCUT2D eigenvalue weighted by molar-refractivity contribution is -0.113. The van der Waals surface area contributed by atoms with E-state index in [1.165, 1.54) is 36.4 Å². The van der Waals surface area contributed by atoms with Crippen LogP contribution in [0.5, 0.6) is 0 Å². The largest absolute Gasteiger partial charge is 0.324 e. The average molecular weight is 379 g/mol. The van der Waals surface area contributed by atoms with Crippen LogP contribution in [0.15, 0.2) is 47.4 Å². The molecule has 0 aliphatic rings. The van der Waals surface area contributed by atoms with Crippen molar-refractivity contribution in [1.29, 1.82) is 0 Å². The van der Waals surface area contributed by atoms with Gasteiger partial charge >= 0.3 is 0 Å². The van der Waals surface area contributed by atoms with Crippen LogP contribution in [0.4, 0.5) is 5.69 Å². The lowest BCUT2D eigenvalue weighted by atomic mass is 10.3. The summed E-state index contributed by atoms with van der Waals surface area (Å²) in [6.07, 6.45) is 0. The molecule has 116 valence electrons. The van der Waals surface area contributed by atoms with Crippen molar-refractivity contribution in [2.45, 2.75) is 4.90 Å². The number of rotatable bonds is 4. The van der Waals surface area contributed by atoms with Crippen LogP contribution in [0.2, 0.25) is 15.1 Å². The molecule has 0 fully saturated rings. The predicted octanol–water partition coefficient (Wildman–Crippen LogP) is 4.06. The Balaban J connectivity index is 2.14. The van der Waals surface area contributed by atoms with Gasteiger partial charge in [0.2, 0.25) is 5.91 Å². The zero-order valence-corrected chi connectivity index (χ0v) is 14.1. The minimum absolute atomic E-state index is 0.0163. The Morgan fingerprint density at radius 2 is 1.68 bits per heavy atom. The maximum Gasteiger partial charge on any atom is 0.240 e. The fourth-order valence-electron chi connectivity index (χ4n) is 1.69. The van der Waals surface area contributed by atoms with Crippen LogP contribution in [-0.4, -0.2) is 20.1 Å². The van der Waals surface area contributed by atoms with Crippen LogP contribution in [0.1, 0.15) is 0 Å². The number of carbonyl (C=O) groups excluding carboxylic acids is 1. The highest BCUT2D eigenvalue weighted by molar-refractivity contribution is 7.92. The van der Waals surface area contributed by atoms with Gasteiger partial charge in [-0.05, 0) is 36.4 Å². The van der Waals surface area contributed by atoms with E-state index in [4.69, 9.17) is 34.8 Å². The molecule has 0 saturated carbocycles. The highest BCUT2D eigenvalue weighted by Gasteiger charge is 2.20. The van der Waals surface area contributed by atoms with Gasteiger partial charge in [-0.2, -0.15) is 0 Å². The minimum atomic E-state index is -3.79. The number of halogens is 3. The van der Waals surface area contributed by atoms with E-state index in [0.29, 0.717) is 5.02 Å². The smallest absolute Gasteiger partial charge is 0.240 e. The van der Waals surface area contributed by atoms with Gasteiger partial charge in [0.25, 0.3) is 0 Å². The molecule has 2 aromatic rings. The SMILES string of the molecule is O=C(CS(=O)(=O)c1cccc(Cl)c1)Nc1ccc(Cl)cc1Cl. The Bertz CT molecular complexity index is 822. The summed E-state index contributed by atoms with van der Waals surface area (Å²) in [6.45, 7) is 0. The van der Waals surface area contributed by atoms with Crippen LogP contribution in [-0.2, 0) is 14.6 Å². The third-order valence-corrected chi connectivity index (χ3v) is 5.08. The predicted molar refractivity (Wildman–Crippen MR) is 88.6 cm³/mol. The molecule has 0 atom stereocenters. The summed E-state index contributed by atoms with van der Waals surface area (Å²) in [5.74, 6) is -1.42. The molecule has 0 aromatic heterocycles. The normalized spacial score (nSPS) is 11.2. The number of benzene rings is 2. The summed E-state index contributed by atoms with van der Waals surface area (Å²) in [5.41, 5.74) is 0.289. The van der Waals surface area contributed by atoms with E-state index in [-0.39, 0.29) is 20.6 Å². The average Bonchev–Trinajstić information content (AvgIpc) is 2.41. The molecule has 0 saturated heterocycles. The van der Waals surface area contributed by atoms with Gasteiger partial charge in [-0.15, -0.1) is 0 Å². The highest BCUT2D eigenvalue weighted by atomic mass is 35.5. The van der Waals surface area contributed by atoms with Crippen molar-refractivity contribution >= 4 is 56.2 Å². The number of amides is 1. The van der Waals surface area contributed by atoms with Gasteiger partial charge in [0.15, 0.2) is 9.84 Å². The lowest BCUT2D eigenvalue weighted by Gasteiger charge is -2.08. The number of hydrogen-bond donors (Lipinski definition) is 1. The molecular weight excluding hydrogens is 369 g/mol. The summed E-state index contributed by atoms with van der Waals surface area (Å²) in [5, 5.41) is 3.35. The molecule has 22 heavy (non-hydrogen) atoms. The molecule has 0 unspecified atom stereocenters. The number of sulfone groups is 1. The van der Waals surface area contributed by atoms with Crippen LogP contribution in [0, 0.1) is 0 Å². The molecular formula is C14H10Cl3NO3S. The van der Waals surface area contributed by atoms with Crippen LogP contribution >= 0.6 is 34.8 Å². The molecule has 1 N–H and O–H groups in total. The Morgan fingerprint density at radius 1 is 1.00 bits per heavy atom. The number of nitrogens with one attached hydrogen (secondary N) is 1. The van der Waals surface area contributed by atoms with Gasteiger partial charge in [-0.3, -0.25) is 4.79 Å². The second-order valence-electron chi connectivity index (χ2n) is 4.39. The van der Waals surface area contributed by atoms with Gasteiger partial charge in [0.05, 0.1) is 15.6 Å². The van der Waals surface area contributed by atoms with Crippen molar-refractivity contribution in [2.75, 3.05) is 11.1 Å². The zero-order valence-electron chi connectivity index (χ0n) is 11.0. The first-order valence-electron chi connectivity index (χ1n) is 6.01. The van der Waals surface area contributed by atoms with Crippen molar-refractivity contribution in [3.63, 3.8) is 0 Å². The van der Waals surface area contributed by atoms with Crippen LogP contribution in [0.25, 0.3) is 0 Å². The maximum atomic E-state index is 12.2. The lowest BCUT2D eigenvalue weighted by Crippen LogP contribution is -2.23. The third-order valence-electron chi connectivity index (χ3n) is 2.68. The maximum absolute atomic E-state index is 12.2. The fourth-order valence-corrected chi connectivity index (χ4v) is 3.58. The van der Waals surface area contributed by atoms with Gasteiger partial charge in [-0.1, -0.05) is 40.9 Å². The first kappa shape index (κ1) is 17.1. The molecule has 8 heteroatoms. The Hall–Kier alpha value is -1.27. The van der Waals surface area contributed by atoms with E-state index in [9.17, 15) is 13.2 Å². The van der Waals surface area contributed by atoms with E-state index in [1.807, 2.05) is 0 Å². The molecule has 4 nitrogen and oxygen atoms in total. The monoisotopic (exact) mass is 377 g/mol. The third kappa shape index (κ3) is 4.36. The standard InChI is InChI=1S/C14H10Cl3NO3S/c15-9-2-1-3-11(6-9)22(20,21)8-14(19)18-13-5-4-10(16)7-12(13)17/h1-7H,8H2,(H,18,19). The van der Waals surface area contributed by atoms with Crippen molar-refractivity contribution in [2.24, 2.45) is 0 Å². The molecule has 0 bridgehead atoms. The molecule has 0 heterocycles. The molecule has 2 rings (SSSR count). The van der Waals surface area contributed by atoms with Gasteiger partial charge < -0.3 is 5.32 Å². The number of carbonyl (C=O) groups is 1. The Morgan fingerprint density at radius 3 is 2.32 bits per heavy atom. The molecule has 1 amide bonds. The summed E-state index contributed by atoms with van der Waals surface area (Å²) in [6, 6.07) is 10.2. The van der Waals surface area contributed by atoms with Gasteiger partial charge in [0.1, 0.15) is 5.75 Å². The topological polar surface area (TPSA) is 63.2 Å². The fraction of sp³-hybridized carbons (Fsp3) is 0.0714. The first-order chi connectivity index (χ1) is 10.3. The van der Waals surface area contributed by atoms with Crippen molar-refractivity contribution in [3.8, 4) is 0 Å². The zero-order chi connectivity index (χ0) is 16.3. The van der Waals surface area contributed by atoms with Gasteiger partial charge in [0, 0.05) is 10.0 Å². The molecule has 0 radical (unpaired) electrons. The van der Waals surface area contributed by atoms with Gasteiger partial charge in [-0.25, -0.2) is 8.42 Å². The first-order valence-corrected chi connectivity index (χ1v) is 8.80. The van der Waals surface area contributed by atoms with Crippen molar-refractivity contribution in [1.82, 2.24) is 0 Å². The highest BCUT2D eigenvalue weighted by Crippen LogP contribution is 2.25. The summed E-state index contributed by atoms with van der Waals surface area (Å²) >= 11 is 17.4. The second-order valence-corrected chi connectivity index (χ2v) is 7.66. The van der Waals surface area contributed by atoms with E-state index < -0.39 is 21.5 Å².